The second-order valence-corrected chi connectivity index (χ2v) is 13.0. The molecular weight excluding hydrogens is 768 g/mol. The van der Waals surface area contributed by atoms with Gasteiger partial charge in [-0.1, -0.05) is 141 Å². The summed E-state index contributed by atoms with van der Waals surface area (Å²) in [5.41, 5.74) is 1.49. The highest BCUT2D eigenvalue weighted by molar-refractivity contribution is 9.10. The molecule has 0 saturated carbocycles. The smallest absolute Gasteiger partial charge is 0.356 e. The number of hydrogen-bond donors (Lipinski definition) is 1. The summed E-state index contributed by atoms with van der Waals surface area (Å²) in [6.07, 6.45) is -10.2. The van der Waals surface area contributed by atoms with Crippen molar-refractivity contribution in [3.63, 3.8) is 0 Å². The first-order valence-corrected chi connectivity index (χ1v) is 16.7. The maximum atomic E-state index is 13.7. The van der Waals surface area contributed by atoms with Crippen molar-refractivity contribution < 1.29 is 26.3 Å². The van der Waals surface area contributed by atoms with E-state index in [9.17, 15) is 26.3 Å². The second-order valence-electron chi connectivity index (χ2n) is 11.2. The molecule has 0 bridgehead atoms. The molecule has 49 heavy (non-hydrogen) atoms. The number of nitrogens with one attached hydrogen (secondary N) is 1. The largest absolute Gasteiger partial charge is 0.411 e. The summed E-state index contributed by atoms with van der Waals surface area (Å²) in [5.74, 6) is 0. The molecule has 0 fully saturated rings. The first kappa shape index (κ1) is 36.0. The van der Waals surface area contributed by atoms with Gasteiger partial charge in [-0.25, -0.2) is 0 Å². The Balaban J connectivity index is 0.000000193. The van der Waals surface area contributed by atoms with Crippen LogP contribution >= 0.6 is 31.9 Å². The molecule has 0 heterocycles. The van der Waals surface area contributed by atoms with Crippen molar-refractivity contribution in [2.75, 3.05) is 5.32 Å². The minimum atomic E-state index is -5.56. The van der Waals surface area contributed by atoms with E-state index in [0.29, 0.717) is 8.95 Å². The molecule has 0 aliphatic heterocycles. The lowest BCUT2D eigenvalue weighted by molar-refractivity contribution is -0.288. The van der Waals surface area contributed by atoms with E-state index in [1.54, 1.807) is 0 Å². The highest BCUT2D eigenvalue weighted by Crippen LogP contribution is 2.56. The van der Waals surface area contributed by atoms with Crippen LogP contribution < -0.4 is 5.32 Å². The Labute approximate surface area is 297 Å². The summed E-state index contributed by atoms with van der Waals surface area (Å²) < 4.78 is 83.0. The normalized spacial score (nSPS) is 11.8. The van der Waals surface area contributed by atoms with Gasteiger partial charge < -0.3 is 5.32 Å². The van der Waals surface area contributed by atoms with Gasteiger partial charge in [-0.2, -0.15) is 26.3 Å². The van der Waals surface area contributed by atoms with Gasteiger partial charge in [0.25, 0.3) is 0 Å². The molecule has 9 heteroatoms. The quantitative estimate of drug-likeness (QED) is 0.159. The minimum Gasteiger partial charge on any atom is -0.356 e. The summed E-state index contributed by atoms with van der Waals surface area (Å²) in [4.78, 5) is 0. The number of hydrogen-bond acceptors (Lipinski definition) is 1. The number of anilines is 2. The van der Waals surface area contributed by atoms with Crippen LogP contribution in [-0.4, -0.2) is 12.4 Å². The van der Waals surface area contributed by atoms with E-state index in [4.69, 9.17) is 0 Å². The molecule has 0 atom stereocenters. The highest BCUT2D eigenvalue weighted by Gasteiger charge is 2.72. The lowest BCUT2D eigenvalue weighted by atomic mass is 9.73. The molecule has 250 valence electrons. The van der Waals surface area contributed by atoms with Gasteiger partial charge in [-0.05, 0) is 88.3 Å². The fourth-order valence-corrected chi connectivity index (χ4v) is 5.99. The molecule has 1 N–H and O–H groups in total. The third kappa shape index (κ3) is 8.64. The Hall–Kier alpha value is -4.34. The van der Waals surface area contributed by atoms with Crippen molar-refractivity contribution in [2.24, 2.45) is 0 Å². The maximum absolute atomic E-state index is 13.7. The second kappa shape index (κ2) is 15.5. The molecule has 0 spiro atoms. The van der Waals surface area contributed by atoms with E-state index in [1.807, 2.05) is 18.2 Å². The zero-order valence-electron chi connectivity index (χ0n) is 25.7. The first-order chi connectivity index (χ1) is 23.4. The monoisotopic (exact) mass is 795 g/mol. The number of para-hydroxylation sites is 1. The molecule has 6 aromatic carbocycles. The average Bonchev–Trinajstić information content (AvgIpc) is 3.08. The van der Waals surface area contributed by atoms with E-state index in [-0.39, 0.29) is 0 Å². The van der Waals surface area contributed by atoms with E-state index < -0.39 is 28.9 Å². The lowest BCUT2D eigenvalue weighted by Crippen LogP contribution is -2.54. The fourth-order valence-electron chi connectivity index (χ4n) is 5.46. The molecule has 0 unspecified atom stereocenters. The van der Waals surface area contributed by atoms with E-state index in [1.165, 1.54) is 22.3 Å². The van der Waals surface area contributed by atoms with Gasteiger partial charge in [0.15, 0.2) is 0 Å². The molecule has 0 amide bonds. The van der Waals surface area contributed by atoms with Crippen LogP contribution in [0, 0.1) is 0 Å². The molecule has 0 aliphatic carbocycles. The Morgan fingerprint density at radius 2 is 0.776 bits per heavy atom. The standard InChI is InChI=1S/C25H21N.C15H8Br2F6/c1-3-7-20(8-4-1)19-21-11-13-22(14-12-21)23-15-17-25(18-16-23)26-24-9-5-2-6-10-24;16-11-5-1-9(2-6-11)13(14(18,19)20,15(21,22)23)10-3-7-12(17)8-4-10/h1-18,26H,19H2;1-8H. The molecule has 6 aromatic rings. The fraction of sp³-hybridized carbons (Fsp3) is 0.100. The summed E-state index contributed by atoms with van der Waals surface area (Å²) >= 11 is 6.02. The minimum absolute atomic E-state index is 0.385. The zero-order valence-corrected chi connectivity index (χ0v) is 28.9. The third-order valence-electron chi connectivity index (χ3n) is 7.89. The average molecular weight is 797 g/mol. The molecule has 6 rings (SSSR count). The third-order valence-corrected chi connectivity index (χ3v) is 8.95. The van der Waals surface area contributed by atoms with Gasteiger partial charge in [0.2, 0.25) is 5.41 Å². The van der Waals surface area contributed by atoms with E-state index in [0.717, 1.165) is 66.3 Å². The van der Waals surface area contributed by atoms with Gasteiger partial charge >= 0.3 is 12.4 Å². The predicted molar refractivity (Wildman–Crippen MR) is 192 cm³/mol. The number of halogens is 8. The van der Waals surface area contributed by atoms with Gasteiger partial charge in [0.05, 0.1) is 0 Å². The van der Waals surface area contributed by atoms with Gasteiger partial charge in [-0.3, -0.25) is 0 Å². The van der Waals surface area contributed by atoms with Crippen LogP contribution in [0.1, 0.15) is 22.3 Å². The number of benzene rings is 6. The SMILES string of the molecule is FC(F)(F)C(c1ccc(Br)cc1)(c1ccc(Br)cc1)C(F)(F)F.c1ccc(Cc2ccc(-c3ccc(Nc4ccccc4)cc3)cc2)cc1. The maximum Gasteiger partial charge on any atom is 0.411 e. The molecule has 0 radical (unpaired) electrons. The Kier molecular flexibility index (Phi) is 11.4. The molecule has 0 aliphatic rings. The summed E-state index contributed by atoms with van der Waals surface area (Å²) in [6.45, 7) is 0. The Bertz CT molecular complexity index is 1760. The first-order valence-electron chi connectivity index (χ1n) is 15.1. The number of rotatable bonds is 7. The topological polar surface area (TPSA) is 12.0 Å². The molecular formula is C40H29Br2F6N. The van der Waals surface area contributed by atoms with Crippen LogP contribution in [0.5, 0.6) is 0 Å². The molecule has 0 saturated heterocycles. The van der Waals surface area contributed by atoms with Crippen LogP contribution in [0.2, 0.25) is 0 Å². The zero-order chi connectivity index (χ0) is 35.1. The summed E-state index contributed by atoms with van der Waals surface area (Å²) in [7, 11) is 0. The van der Waals surface area contributed by atoms with Crippen LogP contribution in [-0.2, 0) is 11.8 Å². The lowest BCUT2D eigenvalue weighted by Gasteiger charge is -2.38. The van der Waals surface area contributed by atoms with Crippen molar-refractivity contribution >= 4 is 43.2 Å². The van der Waals surface area contributed by atoms with Crippen molar-refractivity contribution in [2.45, 2.75) is 24.2 Å². The highest BCUT2D eigenvalue weighted by atomic mass is 79.9. The van der Waals surface area contributed by atoms with Crippen molar-refractivity contribution in [1.82, 2.24) is 0 Å². The van der Waals surface area contributed by atoms with E-state index in [2.05, 4.69) is 128 Å². The Morgan fingerprint density at radius 1 is 0.408 bits per heavy atom. The number of alkyl halides is 6. The predicted octanol–water partition coefficient (Wildman–Crippen LogP) is 13.3. The van der Waals surface area contributed by atoms with Gasteiger partial charge in [-0.15, -0.1) is 0 Å². The molecule has 1 nitrogen and oxygen atoms in total. The van der Waals surface area contributed by atoms with Crippen LogP contribution in [0.3, 0.4) is 0 Å². The molecule has 0 aromatic heterocycles. The summed E-state index contributed by atoms with van der Waals surface area (Å²) in [6, 6.07) is 46.2. The Morgan fingerprint density at radius 3 is 1.20 bits per heavy atom. The van der Waals surface area contributed by atoms with Crippen LogP contribution in [0.15, 0.2) is 167 Å². The van der Waals surface area contributed by atoms with Gasteiger partial charge in [0.1, 0.15) is 0 Å². The van der Waals surface area contributed by atoms with Crippen LogP contribution in [0.4, 0.5) is 37.7 Å². The van der Waals surface area contributed by atoms with Gasteiger partial charge in [0, 0.05) is 20.3 Å². The van der Waals surface area contributed by atoms with Crippen molar-refractivity contribution in [3.8, 4) is 11.1 Å². The van der Waals surface area contributed by atoms with E-state index >= 15 is 0 Å². The summed E-state index contributed by atoms with van der Waals surface area (Å²) in [5, 5.41) is 3.42. The van der Waals surface area contributed by atoms with Crippen molar-refractivity contribution in [1.29, 1.82) is 0 Å². The van der Waals surface area contributed by atoms with Crippen LogP contribution in [0.25, 0.3) is 11.1 Å². The van der Waals surface area contributed by atoms with Crippen molar-refractivity contribution in [3.05, 3.63) is 189 Å².